The lowest BCUT2D eigenvalue weighted by atomic mass is 9.96. The molecule has 0 aliphatic rings. The Kier molecular flexibility index (Phi) is 5.75. The second kappa shape index (κ2) is 8.19. The molecule has 0 aliphatic carbocycles. The Bertz CT molecular complexity index is 785. The van der Waals surface area contributed by atoms with Gasteiger partial charge in [0.15, 0.2) is 0 Å². The van der Waals surface area contributed by atoms with Gasteiger partial charge in [0.25, 0.3) is 0 Å². The van der Waals surface area contributed by atoms with Gasteiger partial charge in [0.05, 0.1) is 12.1 Å². The third kappa shape index (κ3) is 4.85. The molecule has 3 aromatic rings. The van der Waals surface area contributed by atoms with Crippen LogP contribution in [0.1, 0.15) is 35.3 Å². The molecule has 0 aromatic heterocycles. The summed E-state index contributed by atoms with van der Waals surface area (Å²) in [7, 11) is 0. The highest BCUT2D eigenvalue weighted by Crippen LogP contribution is 2.30. The van der Waals surface area contributed by atoms with Crippen molar-refractivity contribution in [3.8, 4) is 0 Å². The maximum Gasteiger partial charge on any atom is 0.0813 e. The van der Waals surface area contributed by atoms with E-state index in [0.29, 0.717) is 11.4 Å². The molecule has 128 valence electrons. The van der Waals surface area contributed by atoms with Crippen molar-refractivity contribution < 1.29 is 5.11 Å². The number of anilines is 1. The highest BCUT2D eigenvalue weighted by atomic mass is 35.5. The van der Waals surface area contributed by atoms with E-state index >= 15 is 0 Å². The molecule has 0 heterocycles. The van der Waals surface area contributed by atoms with E-state index in [1.54, 1.807) is 0 Å². The minimum absolute atomic E-state index is 0.00887. The lowest BCUT2D eigenvalue weighted by molar-refractivity contribution is 0.160. The predicted molar refractivity (Wildman–Crippen MR) is 105 cm³/mol. The summed E-state index contributed by atoms with van der Waals surface area (Å²) in [6.45, 7) is 2.07. The van der Waals surface area contributed by atoms with Gasteiger partial charge in [-0.2, -0.15) is 0 Å². The molecule has 0 aliphatic heterocycles. The van der Waals surface area contributed by atoms with Gasteiger partial charge >= 0.3 is 0 Å². The molecule has 2 nitrogen and oxygen atoms in total. The van der Waals surface area contributed by atoms with Crippen LogP contribution in [0.3, 0.4) is 0 Å². The van der Waals surface area contributed by atoms with Gasteiger partial charge in [-0.1, -0.05) is 71.8 Å². The summed E-state index contributed by atoms with van der Waals surface area (Å²) in [6.07, 6.45) is -0.0000841. The van der Waals surface area contributed by atoms with E-state index in [1.165, 1.54) is 5.56 Å². The number of nitrogens with one attached hydrogen (secondary N) is 1. The van der Waals surface area contributed by atoms with Crippen LogP contribution in [0.5, 0.6) is 0 Å². The lowest BCUT2D eigenvalue weighted by Crippen LogP contribution is -2.14. The normalized spacial score (nSPS) is 13.2. The summed E-state index contributed by atoms with van der Waals surface area (Å²) in [4.78, 5) is 0. The van der Waals surface area contributed by atoms with E-state index in [4.69, 9.17) is 11.6 Å². The molecule has 3 aromatic carbocycles. The molecule has 2 N–H and O–H groups in total. The molecule has 2 atom stereocenters. The highest BCUT2D eigenvalue weighted by molar-refractivity contribution is 6.30. The number of hydrogen-bond acceptors (Lipinski definition) is 2. The fourth-order valence-corrected chi connectivity index (χ4v) is 2.98. The van der Waals surface area contributed by atoms with Gasteiger partial charge in [0.2, 0.25) is 0 Å². The van der Waals surface area contributed by atoms with Crippen LogP contribution in [0.15, 0.2) is 78.9 Å². The summed E-state index contributed by atoms with van der Waals surface area (Å²) < 4.78 is 0. The van der Waals surface area contributed by atoms with Crippen molar-refractivity contribution in [3.05, 3.63) is 101 Å². The number of hydrogen-bond donors (Lipinski definition) is 2. The Morgan fingerprint density at radius 1 is 0.840 bits per heavy atom. The second-order valence-corrected chi connectivity index (χ2v) is 6.71. The first kappa shape index (κ1) is 17.5. The fourth-order valence-electron chi connectivity index (χ4n) is 2.86. The number of rotatable bonds is 6. The van der Waals surface area contributed by atoms with E-state index in [1.807, 2.05) is 42.5 Å². The number of benzene rings is 3. The van der Waals surface area contributed by atoms with Crippen molar-refractivity contribution >= 4 is 17.3 Å². The van der Waals surface area contributed by atoms with E-state index in [0.717, 1.165) is 16.8 Å². The predicted octanol–water partition coefficient (Wildman–Crippen LogP) is 5.93. The van der Waals surface area contributed by atoms with Crippen molar-refractivity contribution in [1.29, 1.82) is 0 Å². The van der Waals surface area contributed by atoms with Gasteiger partial charge in [-0.3, -0.25) is 0 Å². The third-order valence-corrected chi connectivity index (χ3v) is 4.56. The van der Waals surface area contributed by atoms with Crippen molar-refractivity contribution in [2.75, 3.05) is 5.32 Å². The lowest BCUT2D eigenvalue weighted by Gasteiger charge is -2.23. The monoisotopic (exact) mass is 351 g/mol. The van der Waals surface area contributed by atoms with Crippen LogP contribution >= 0.6 is 11.6 Å². The van der Waals surface area contributed by atoms with E-state index < -0.39 is 6.10 Å². The van der Waals surface area contributed by atoms with Crippen LogP contribution in [0.2, 0.25) is 5.02 Å². The van der Waals surface area contributed by atoms with Gasteiger partial charge in [-0.05, 0) is 42.3 Å². The molecule has 2 unspecified atom stereocenters. The summed E-state index contributed by atoms with van der Waals surface area (Å²) in [5.74, 6) is 0. The largest absolute Gasteiger partial charge is 0.388 e. The number of aliphatic hydroxyl groups is 1. The molecular weight excluding hydrogens is 330 g/mol. The van der Waals surface area contributed by atoms with Crippen LogP contribution < -0.4 is 5.32 Å². The second-order valence-electron chi connectivity index (χ2n) is 6.28. The van der Waals surface area contributed by atoms with Crippen LogP contribution in [0, 0.1) is 6.92 Å². The molecule has 0 saturated heterocycles. The minimum atomic E-state index is -0.569. The SMILES string of the molecule is Cc1ccc(NC(CC(O)c2ccc(Cl)cc2)c2ccccc2)cc1. The van der Waals surface area contributed by atoms with Crippen molar-refractivity contribution in [1.82, 2.24) is 0 Å². The maximum atomic E-state index is 10.7. The minimum Gasteiger partial charge on any atom is -0.388 e. The average molecular weight is 352 g/mol. The van der Waals surface area contributed by atoms with E-state index in [9.17, 15) is 5.11 Å². The molecule has 0 spiro atoms. The Balaban J connectivity index is 1.81. The zero-order valence-electron chi connectivity index (χ0n) is 14.2. The van der Waals surface area contributed by atoms with Gasteiger partial charge in [-0.25, -0.2) is 0 Å². The summed E-state index contributed by atoms with van der Waals surface area (Å²) >= 11 is 5.94. The summed E-state index contributed by atoms with van der Waals surface area (Å²) in [5, 5.41) is 14.9. The molecule has 0 radical (unpaired) electrons. The van der Waals surface area contributed by atoms with E-state index in [2.05, 4.69) is 48.6 Å². The molecular formula is C22H22ClNO. The smallest absolute Gasteiger partial charge is 0.0813 e. The van der Waals surface area contributed by atoms with Crippen molar-refractivity contribution in [3.63, 3.8) is 0 Å². The summed E-state index contributed by atoms with van der Waals surface area (Å²) in [6, 6.07) is 25.9. The molecule has 0 bridgehead atoms. The van der Waals surface area contributed by atoms with Gasteiger partial charge < -0.3 is 10.4 Å². The number of halogens is 1. The van der Waals surface area contributed by atoms with Crippen LogP contribution in [0.25, 0.3) is 0 Å². The standard InChI is InChI=1S/C22H22ClNO/c1-16-7-13-20(14-8-16)24-21(17-5-3-2-4-6-17)15-22(25)18-9-11-19(23)12-10-18/h2-14,21-22,24-25H,15H2,1H3. The Labute approximate surface area is 154 Å². The highest BCUT2D eigenvalue weighted by Gasteiger charge is 2.18. The quantitative estimate of drug-likeness (QED) is 0.577. The Morgan fingerprint density at radius 2 is 1.48 bits per heavy atom. The fraction of sp³-hybridized carbons (Fsp3) is 0.182. The molecule has 0 fully saturated rings. The topological polar surface area (TPSA) is 32.3 Å². The molecule has 25 heavy (non-hydrogen) atoms. The van der Waals surface area contributed by atoms with Crippen LogP contribution in [-0.2, 0) is 0 Å². The molecule has 3 heteroatoms. The maximum absolute atomic E-state index is 10.7. The molecule has 3 rings (SSSR count). The first-order valence-corrected chi connectivity index (χ1v) is 8.81. The zero-order chi connectivity index (χ0) is 17.6. The van der Waals surface area contributed by atoms with Crippen LogP contribution in [0.4, 0.5) is 5.69 Å². The van der Waals surface area contributed by atoms with Gasteiger partial charge in [-0.15, -0.1) is 0 Å². The van der Waals surface area contributed by atoms with Crippen molar-refractivity contribution in [2.24, 2.45) is 0 Å². The third-order valence-electron chi connectivity index (χ3n) is 4.31. The number of aliphatic hydroxyl groups excluding tert-OH is 1. The first-order valence-electron chi connectivity index (χ1n) is 8.43. The first-order chi connectivity index (χ1) is 12.1. The van der Waals surface area contributed by atoms with E-state index in [-0.39, 0.29) is 6.04 Å². The average Bonchev–Trinajstić information content (AvgIpc) is 2.64. The summed E-state index contributed by atoms with van der Waals surface area (Å²) in [5.41, 5.74) is 4.29. The Morgan fingerprint density at radius 3 is 2.12 bits per heavy atom. The van der Waals surface area contributed by atoms with Gasteiger partial charge in [0, 0.05) is 17.1 Å². The Hall–Kier alpha value is -2.29. The van der Waals surface area contributed by atoms with Crippen molar-refractivity contribution in [2.45, 2.75) is 25.5 Å². The van der Waals surface area contributed by atoms with Crippen LogP contribution in [-0.4, -0.2) is 5.11 Å². The molecule has 0 saturated carbocycles. The molecule has 0 amide bonds. The number of aryl methyl sites for hydroxylation is 1. The van der Waals surface area contributed by atoms with Gasteiger partial charge in [0.1, 0.15) is 0 Å². The zero-order valence-corrected chi connectivity index (χ0v) is 14.9.